The molecule has 1 heterocycles. The van der Waals surface area contributed by atoms with E-state index < -0.39 is 0 Å². The minimum Gasteiger partial charge on any atom is -0.135 e. The molecule has 0 atom stereocenters. The normalized spacial score (nSPS) is 11.7. The van der Waals surface area contributed by atoms with Crippen molar-refractivity contribution in [1.29, 1.82) is 0 Å². The number of rotatable bonds is 3. The van der Waals surface area contributed by atoms with Gasteiger partial charge in [-0.3, -0.25) is 0 Å². The van der Waals surface area contributed by atoms with Crippen molar-refractivity contribution in [1.82, 2.24) is 0 Å². The van der Waals surface area contributed by atoms with Crippen LogP contribution in [0.2, 0.25) is 0 Å². The fraction of sp³-hybridized carbons (Fsp3) is 0. The fourth-order valence-electron chi connectivity index (χ4n) is 7.01. The maximum absolute atomic E-state index is 2.31. The van der Waals surface area contributed by atoms with Crippen LogP contribution in [0.4, 0.5) is 0 Å². The Hall–Kier alpha value is -5.24. The summed E-state index contributed by atoms with van der Waals surface area (Å²) in [4.78, 5) is 0. The van der Waals surface area contributed by atoms with Gasteiger partial charge in [-0.1, -0.05) is 146 Å². The average Bonchev–Trinajstić information content (AvgIpc) is 3.46. The van der Waals surface area contributed by atoms with Crippen LogP contribution in [0.1, 0.15) is 0 Å². The predicted octanol–water partition coefficient (Wildman–Crippen LogP) is 12.5. The van der Waals surface area contributed by atoms with Crippen molar-refractivity contribution < 1.29 is 0 Å². The molecular weight excluding hydrogens is 537 g/mol. The van der Waals surface area contributed by atoms with E-state index in [0.29, 0.717) is 0 Å². The lowest BCUT2D eigenvalue weighted by Crippen LogP contribution is -1.91. The smallest absolute Gasteiger partial charge is 0.0361 e. The number of benzene rings is 8. The molecule has 0 bridgehead atoms. The highest BCUT2D eigenvalue weighted by atomic mass is 32.1. The molecule has 200 valence electrons. The highest BCUT2D eigenvalue weighted by Crippen LogP contribution is 2.47. The van der Waals surface area contributed by atoms with Crippen LogP contribution in [0.3, 0.4) is 0 Å². The van der Waals surface area contributed by atoms with Crippen molar-refractivity contribution in [2.75, 3.05) is 0 Å². The quantitative estimate of drug-likeness (QED) is 0.188. The third kappa shape index (κ3) is 3.75. The minimum atomic E-state index is 1.24. The van der Waals surface area contributed by atoms with Crippen LogP contribution in [0, 0.1) is 0 Å². The van der Waals surface area contributed by atoms with E-state index in [2.05, 4.69) is 158 Å². The lowest BCUT2D eigenvalue weighted by molar-refractivity contribution is 1.63. The van der Waals surface area contributed by atoms with Crippen LogP contribution in [-0.4, -0.2) is 0 Å². The van der Waals surface area contributed by atoms with Gasteiger partial charge in [0.05, 0.1) is 0 Å². The van der Waals surface area contributed by atoms with E-state index in [1.165, 1.54) is 85.9 Å². The van der Waals surface area contributed by atoms with Crippen molar-refractivity contribution in [3.8, 4) is 33.4 Å². The van der Waals surface area contributed by atoms with E-state index in [9.17, 15) is 0 Å². The first kappa shape index (κ1) is 24.4. The molecule has 0 aliphatic carbocycles. The van der Waals surface area contributed by atoms with Gasteiger partial charge in [-0.25, -0.2) is 0 Å². The van der Waals surface area contributed by atoms with Crippen molar-refractivity contribution >= 4 is 63.8 Å². The molecule has 9 rings (SSSR count). The fourth-order valence-corrected chi connectivity index (χ4v) is 8.14. The van der Waals surface area contributed by atoms with Gasteiger partial charge in [-0.15, -0.1) is 11.3 Å². The number of fused-ring (bicyclic) bond motifs is 6. The predicted molar refractivity (Wildman–Crippen MR) is 188 cm³/mol. The van der Waals surface area contributed by atoms with Crippen LogP contribution in [-0.2, 0) is 0 Å². The largest absolute Gasteiger partial charge is 0.135 e. The summed E-state index contributed by atoms with van der Waals surface area (Å²) in [6, 6.07) is 57.9. The number of hydrogen-bond acceptors (Lipinski definition) is 1. The molecular formula is C42H26S. The standard InChI is InChI=1S/C42H26S/c1-2-13-30-27(11-1)12-9-19-31(30)28-23-25-29(26-24-28)40-32-14-3-5-16-34(32)41(35-17-6-4-15-33(35)40)37-20-10-22-39-42(37)36-18-7-8-21-38(36)43-39/h1-26H. The van der Waals surface area contributed by atoms with E-state index in [-0.39, 0.29) is 0 Å². The Balaban J connectivity index is 1.31. The lowest BCUT2D eigenvalue weighted by Gasteiger charge is -2.18. The molecule has 0 aliphatic heterocycles. The molecule has 43 heavy (non-hydrogen) atoms. The van der Waals surface area contributed by atoms with Crippen molar-refractivity contribution in [2.45, 2.75) is 0 Å². The topological polar surface area (TPSA) is 0 Å². The van der Waals surface area contributed by atoms with Crippen LogP contribution in [0.5, 0.6) is 0 Å². The summed E-state index contributed by atoms with van der Waals surface area (Å²) in [6.07, 6.45) is 0. The Morgan fingerprint density at radius 2 is 0.791 bits per heavy atom. The molecule has 8 aromatic carbocycles. The summed E-state index contributed by atoms with van der Waals surface area (Å²) in [5, 5.41) is 10.4. The van der Waals surface area contributed by atoms with Crippen molar-refractivity contribution in [2.24, 2.45) is 0 Å². The van der Waals surface area contributed by atoms with Gasteiger partial charge >= 0.3 is 0 Å². The highest BCUT2D eigenvalue weighted by molar-refractivity contribution is 7.25. The van der Waals surface area contributed by atoms with Gasteiger partial charge in [0.25, 0.3) is 0 Å². The Labute approximate surface area is 254 Å². The third-order valence-electron chi connectivity index (χ3n) is 8.88. The Morgan fingerprint density at radius 1 is 0.302 bits per heavy atom. The van der Waals surface area contributed by atoms with Crippen LogP contribution < -0.4 is 0 Å². The second-order valence-electron chi connectivity index (χ2n) is 11.2. The second-order valence-corrected chi connectivity index (χ2v) is 12.3. The van der Waals surface area contributed by atoms with Gasteiger partial charge in [0, 0.05) is 20.2 Å². The molecule has 0 radical (unpaired) electrons. The van der Waals surface area contributed by atoms with E-state index in [1.54, 1.807) is 0 Å². The molecule has 0 spiro atoms. The molecule has 1 aromatic heterocycles. The lowest BCUT2D eigenvalue weighted by atomic mass is 9.84. The third-order valence-corrected chi connectivity index (χ3v) is 10.0. The molecule has 0 amide bonds. The zero-order valence-corrected chi connectivity index (χ0v) is 24.2. The summed E-state index contributed by atoms with van der Waals surface area (Å²) >= 11 is 1.88. The zero-order chi connectivity index (χ0) is 28.3. The van der Waals surface area contributed by atoms with E-state index in [0.717, 1.165) is 0 Å². The minimum absolute atomic E-state index is 1.24. The first-order valence-electron chi connectivity index (χ1n) is 14.8. The molecule has 0 saturated heterocycles. The Kier molecular flexibility index (Phi) is 5.47. The van der Waals surface area contributed by atoms with Gasteiger partial charge in [0.1, 0.15) is 0 Å². The first-order valence-corrected chi connectivity index (χ1v) is 15.6. The monoisotopic (exact) mass is 562 g/mol. The number of thiophene rings is 1. The molecule has 0 saturated carbocycles. The maximum atomic E-state index is 2.31. The highest BCUT2D eigenvalue weighted by Gasteiger charge is 2.19. The average molecular weight is 563 g/mol. The first-order chi connectivity index (χ1) is 21.3. The van der Waals surface area contributed by atoms with Gasteiger partial charge in [-0.2, -0.15) is 0 Å². The maximum Gasteiger partial charge on any atom is 0.0361 e. The summed E-state index contributed by atoms with van der Waals surface area (Å²) in [7, 11) is 0. The molecule has 9 aromatic rings. The van der Waals surface area contributed by atoms with Crippen LogP contribution in [0.25, 0.3) is 85.9 Å². The van der Waals surface area contributed by atoms with Crippen molar-refractivity contribution in [3.63, 3.8) is 0 Å². The van der Waals surface area contributed by atoms with Gasteiger partial charge in [0.2, 0.25) is 0 Å². The van der Waals surface area contributed by atoms with E-state index in [1.807, 2.05) is 11.3 Å². The van der Waals surface area contributed by atoms with Gasteiger partial charge in [0.15, 0.2) is 0 Å². The van der Waals surface area contributed by atoms with Gasteiger partial charge in [-0.05, 0) is 77.8 Å². The summed E-state index contributed by atoms with van der Waals surface area (Å²) in [6.45, 7) is 0. The summed E-state index contributed by atoms with van der Waals surface area (Å²) in [5.74, 6) is 0. The zero-order valence-electron chi connectivity index (χ0n) is 23.4. The summed E-state index contributed by atoms with van der Waals surface area (Å²) in [5.41, 5.74) is 7.66. The van der Waals surface area contributed by atoms with E-state index >= 15 is 0 Å². The molecule has 0 fully saturated rings. The SMILES string of the molecule is c1ccc2c(-c3ccc(-c4c5ccccc5c(-c5cccc6sc7ccccc7c56)c5ccccc45)cc3)cccc2c1. The van der Waals surface area contributed by atoms with Crippen LogP contribution in [0.15, 0.2) is 158 Å². The molecule has 0 nitrogen and oxygen atoms in total. The molecule has 0 N–H and O–H groups in total. The van der Waals surface area contributed by atoms with Gasteiger partial charge < -0.3 is 0 Å². The Bertz CT molecular complexity index is 2430. The summed E-state index contributed by atoms with van der Waals surface area (Å²) < 4.78 is 2.67. The van der Waals surface area contributed by atoms with Crippen LogP contribution >= 0.6 is 11.3 Å². The Morgan fingerprint density at radius 3 is 1.51 bits per heavy atom. The van der Waals surface area contributed by atoms with E-state index in [4.69, 9.17) is 0 Å². The number of hydrogen-bond donors (Lipinski definition) is 0. The van der Waals surface area contributed by atoms with Crippen molar-refractivity contribution in [3.05, 3.63) is 158 Å². The molecule has 0 aliphatic rings. The molecule has 0 unspecified atom stereocenters. The second kappa shape index (κ2) is 9.66. The molecule has 1 heteroatoms.